The maximum Gasteiger partial charge on any atom is 1.00 e. The molecular weight excluding hydrogens is 636 g/mol. The minimum absolute atomic E-state index is 0. The van der Waals surface area contributed by atoms with Gasteiger partial charge in [0.15, 0.2) is 39.3 Å². The largest absolute Gasteiger partial charge is 1.00 e. The van der Waals surface area contributed by atoms with E-state index in [0.29, 0.717) is 11.4 Å². The van der Waals surface area contributed by atoms with Gasteiger partial charge in [0.2, 0.25) is 0 Å². The number of ether oxygens (including phenoxy) is 1. The predicted octanol–water partition coefficient (Wildman–Crippen LogP) is -1.69. The molecule has 0 aliphatic rings. The Labute approximate surface area is 291 Å². The normalized spacial score (nSPS) is 9.18. The van der Waals surface area contributed by atoms with Crippen molar-refractivity contribution >= 4 is 52.7 Å². The third kappa shape index (κ3) is 12.9. The van der Waals surface area contributed by atoms with Crippen LogP contribution in [0.5, 0.6) is 0 Å². The van der Waals surface area contributed by atoms with Crippen molar-refractivity contribution in [3.8, 4) is 22.5 Å². The number of carbonyl (C=O) groups excluding carboxylic acids is 2. The first-order valence-electron chi connectivity index (χ1n) is 11.9. The fourth-order valence-corrected chi connectivity index (χ4v) is 3.46. The molecule has 1 amide bonds. The number of benzene rings is 2. The first-order chi connectivity index (χ1) is 20.8. The molecule has 0 spiro atoms. The van der Waals surface area contributed by atoms with Gasteiger partial charge in [-0.25, -0.2) is 24.7 Å². The number of nitrogen functional groups attached to an aromatic ring is 2. The van der Waals surface area contributed by atoms with E-state index in [4.69, 9.17) is 62.7 Å². The van der Waals surface area contributed by atoms with Crippen LogP contribution >= 0.6 is 23.2 Å². The summed E-state index contributed by atoms with van der Waals surface area (Å²) in [4.78, 5) is 42.4. The van der Waals surface area contributed by atoms with E-state index in [-0.39, 0.29) is 74.7 Å². The number of hydrogen-bond acceptors (Lipinski definition) is 12. The van der Waals surface area contributed by atoms with Gasteiger partial charge in [0.05, 0.1) is 12.9 Å². The quantitative estimate of drug-likeness (QED) is 0.0614. The van der Waals surface area contributed by atoms with Gasteiger partial charge in [-0.3, -0.25) is 4.79 Å². The van der Waals surface area contributed by atoms with Crippen LogP contribution in [0, 0.1) is 0 Å². The van der Waals surface area contributed by atoms with E-state index in [0.717, 1.165) is 18.2 Å². The molecule has 0 fully saturated rings. The Bertz CT molecular complexity index is 1610. The van der Waals surface area contributed by atoms with Crippen molar-refractivity contribution in [1.82, 2.24) is 19.9 Å². The third-order valence-electron chi connectivity index (χ3n) is 4.67. The maximum atomic E-state index is 11.7. The number of aromatic nitrogens is 4. The molecule has 4 aromatic rings. The predicted molar refractivity (Wildman–Crippen MR) is 169 cm³/mol. The smallest absolute Gasteiger partial charge is 0.857 e. The minimum atomic E-state index is -0.795. The molecule has 4 rings (SSSR count). The van der Waals surface area contributed by atoms with Gasteiger partial charge in [0.25, 0.3) is 0 Å². The summed E-state index contributed by atoms with van der Waals surface area (Å²) in [6.45, 7) is 3.11. The van der Waals surface area contributed by atoms with Crippen LogP contribution in [0.15, 0.2) is 78.1 Å². The van der Waals surface area contributed by atoms with Crippen LogP contribution < -0.4 is 69.1 Å². The molecule has 0 aliphatic carbocycles. The van der Waals surface area contributed by atoms with Crippen LogP contribution in [0.4, 0.5) is 11.6 Å². The summed E-state index contributed by atoms with van der Waals surface area (Å²) in [5.74, 6) is -1.79. The SMILES string of the molecule is C=C(N)N.COC(=O)c1nc(Cl)c(-c2ccccc2)nc1N.C[O-].NC(N)=NC(=O)c1nc(Cl)c(-c2ccccc2)nc1N.[Na+]. The molecule has 18 heteroatoms. The molecule has 2 aromatic heterocycles. The zero-order valence-electron chi connectivity index (χ0n) is 24.6. The van der Waals surface area contributed by atoms with Crippen LogP contribution in [0.25, 0.3) is 22.5 Å². The van der Waals surface area contributed by atoms with Crippen molar-refractivity contribution in [2.24, 2.45) is 27.9 Å². The van der Waals surface area contributed by atoms with Crippen molar-refractivity contribution in [3.63, 3.8) is 0 Å². The second kappa shape index (κ2) is 20.4. The number of esters is 1. The molecule has 232 valence electrons. The molecule has 2 heterocycles. The number of amides is 1. The molecule has 0 saturated carbocycles. The first kappa shape index (κ1) is 40.5. The van der Waals surface area contributed by atoms with Crippen molar-refractivity contribution in [3.05, 3.63) is 94.8 Å². The number of guanidine groups is 1. The number of carbonyl (C=O) groups is 2. The molecule has 2 aromatic carbocycles. The van der Waals surface area contributed by atoms with Crippen LogP contribution in [0.2, 0.25) is 10.3 Å². The topological polar surface area (TPSA) is 286 Å². The second-order valence-corrected chi connectivity index (χ2v) is 8.55. The van der Waals surface area contributed by atoms with E-state index in [1.165, 1.54) is 7.11 Å². The van der Waals surface area contributed by atoms with Crippen molar-refractivity contribution in [1.29, 1.82) is 0 Å². The number of aliphatic imine (C=N–C) groups is 1. The zero-order chi connectivity index (χ0) is 33.4. The Morgan fingerprint density at radius 1 is 0.756 bits per heavy atom. The van der Waals surface area contributed by atoms with Crippen molar-refractivity contribution < 1.29 is 49.0 Å². The van der Waals surface area contributed by atoms with Gasteiger partial charge in [0, 0.05) is 11.1 Å². The van der Waals surface area contributed by atoms with Gasteiger partial charge in [-0.2, -0.15) is 12.1 Å². The van der Waals surface area contributed by atoms with Gasteiger partial charge in [0.1, 0.15) is 11.4 Å². The summed E-state index contributed by atoms with van der Waals surface area (Å²) in [6, 6.07) is 18.3. The average Bonchev–Trinajstić information content (AvgIpc) is 3.00. The van der Waals surface area contributed by atoms with Gasteiger partial charge in [-0.05, 0) is 0 Å². The Hall–Kier alpha value is -4.51. The minimum Gasteiger partial charge on any atom is -0.857 e. The molecule has 45 heavy (non-hydrogen) atoms. The van der Waals surface area contributed by atoms with Crippen molar-refractivity contribution in [2.45, 2.75) is 0 Å². The van der Waals surface area contributed by atoms with Crippen molar-refractivity contribution in [2.75, 3.05) is 25.7 Å². The van der Waals surface area contributed by atoms with Crippen LogP contribution in [0.3, 0.4) is 0 Å². The molecule has 0 unspecified atom stereocenters. The van der Waals surface area contributed by atoms with Gasteiger partial charge < -0.3 is 44.2 Å². The number of anilines is 2. The molecular formula is C27H30Cl2N11NaO4. The summed E-state index contributed by atoms with van der Waals surface area (Å²) < 4.78 is 4.54. The van der Waals surface area contributed by atoms with Crippen LogP contribution in [-0.2, 0) is 4.74 Å². The number of rotatable bonds is 4. The van der Waals surface area contributed by atoms with E-state index in [2.05, 4.69) is 36.2 Å². The Balaban J connectivity index is 0.000000722. The standard InChI is InChI=1S/C12H11ClN6O.C12H10ClN3O2.C2H6N2.CH3O.Na/c13-9-7(6-4-2-1-3-5-6)18-10(14)8(17-9)11(20)19-12(15)16;1-18-12(17)9-11(14)16-8(10(13)15-9)7-5-3-2-4-6-7;1-2(3)4;1-2;/h1-5H,(H2,14,18)(H4,15,16,19,20);2-6H,1H3,(H2,14,16);1,3-4H2;1H3;/q;;;-1;+1. The monoisotopic (exact) mass is 665 g/mol. The number of methoxy groups -OCH3 is 1. The molecule has 0 radical (unpaired) electrons. The van der Waals surface area contributed by atoms with E-state index in [1.54, 1.807) is 12.1 Å². The average molecular weight is 667 g/mol. The zero-order valence-corrected chi connectivity index (χ0v) is 28.1. The fourth-order valence-electron chi connectivity index (χ4n) is 2.99. The summed E-state index contributed by atoms with van der Waals surface area (Å²) in [5.41, 5.74) is 33.1. The third-order valence-corrected chi connectivity index (χ3v) is 5.19. The second-order valence-electron chi connectivity index (χ2n) is 7.83. The number of halogens is 2. The van der Waals surface area contributed by atoms with E-state index >= 15 is 0 Å². The van der Waals surface area contributed by atoms with Gasteiger partial charge in [-0.15, -0.1) is 0 Å². The molecule has 15 nitrogen and oxygen atoms in total. The molecule has 0 saturated heterocycles. The van der Waals surface area contributed by atoms with Crippen LogP contribution in [-0.4, -0.2) is 52.0 Å². The maximum absolute atomic E-state index is 11.7. The fraction of sp³-hybridized carbons (Fsp3) is 0.0741. The summed E-state index contributed by atoms with van der Waals surface area (Å²) in [6.07, 6.45) is 0. The Morgan fingerprint density at radius 3 is 1.47 bits per heavy atom. The summed E-state index contributed by atoms with van der Waals surface area (Å²) in [5, 5.41) is 8.40. The number of nitrogens with zero attached hydrogens (tertiary/aromatic N) is 5. The van der Waals surface area contributed by atoms with E-state index in [9.17, 15) is 9.59 Å². The van der Waals surface area contributed by atoms with E-state index in [1.807, 2.05) is 48.5 Å². The van der Waals surface area contributed by atoms with Gasteiger partial charge in [-0.1, -0.05) is 90.4 Å². The Morgan fingerprint density at radius 2 is 1.11 bits per heavy atom. The summed E-state index contributed by atoms with van der Waals surface area (Å²) in [7, 11) is 1.99. The molecule has 0 aliphatic heterocycles. The first-order valence-corrected chi connectivity index (χ1v) is 12.7. The van der Waals surface area contributed by atoms with E-state index < -0.39 is 11.9 Å². The summed E-state index contributed by atoms with van der Waals surface area (Å²) >= 11 is 12.0. The molecule has 12 N–H and O–H groups in total. The molecule has 0 atom stereocenters. The number of nitrogens with two attached hydrogens (primary N) is 6. The Kier molecular flexibility index (Phi) is 18.4. The van der Waals surface area contributed by atoms with Crippen LogP contribution in [0.1, 0.15) is 21.0 Å². The number of hydrogen-bond donors (Lipinski definition) is 6. The van der Waals surface area contributed by atoms with Gasteiger partial charge >= 0.3 is 41.4 Å². The molecule has 0 bridgehead atoms.